The molecule has 0 spiro atoms. The lowest BCUT2D eigenvalue weighted by molar-refractivity contribution is 0.247. The van der Waals surface area contributed by atoms with Crippen LogP contribution in [0.2, 0.25) is 0 Å². The van der Waals surface area contributed by atoms with Crippen molar-refractivity contribution in [2.75, 3.05) is 13.2 Å². The number of phenols is 2. The van der Waals surface area contributed by atoms with Gasteiger partial charge in [0.25, 0.3) is 0 Å². The van der Waals surface area contributed by atoms with Gasteiger partial charge in [0.15, 0.2) is 0 Å². The Bertz CT molecular complexity index is 3170. The molecule has 0 aliphatic heterocycles. The standard InChI is InChI=1S/C61H52O4.CH4/c1-36-26-40(5)60(52(30-36)50-28-38(3)32-54(58(50)62)56-46-20-11-7-16-42(46)34-43-17-8-12-21-47(43)56)64-24-15-25-65-61-41(6)27-37(2)31-53(61)51-29-39(4)33-55(59(51)63)57-48-22-13-9-18-44(48)35-45-19-10-14-23-49(45)57;/h7-14,16-23,26-35,62-63H,15,24-25H2,1-6H3;1H4. The van der Waals surface area contributed by atoms with Crippen molar-refractivity contribution in [1.82, 2.24) is 0 Å². The molecule has 4 nitrogen and oxygen atoms in total. The van der Waals surface area contributed by atoms with Crippen LogP contribution in [0.25, 0.3) is 87.6 Å². The molecule has 0 radical (unpaired) electrons. The van der Waals surface area contributed by atoms with E-state index < -0.39 is 0 Å². The van der Waals surface area contributed by atoms with E-state index in [4.69, 9.17) is 9.47 Å². The lowest BCUT2D eigenvalue weighted by atomic mass is 9.88. The number of hydrogen-bond acceptors (Lipinski definition) is 4. The van der Waals surface area contributed by atoms with Gasteiger partial charge in [-0.3, -0.25) is 0 Å². The second-order valence-electron chi connectivity index (χ2n) is 17.8. The fourth-order valence-corrected chi connectivity index (χ4v) is 10.1. The molecule has 2 N–H and O–H groups in total. The zero-order valence-electron chi connectivity index (χ0n) is 37.8. The van der Waals surface area contributed by atoms with Crippen molar-refractivity contribution in [3.63, 3.8) is 0 Å². The lowest BCUT2D eigenvalue weighted by Gasteiger charge is -2.21. The highest BCUT2D eigenvalue weighted by atomic mass is 16.5. The number of hydrogen-bond donors (Lipinski definition) is 2. The highest BCUT2D eigenvalue weighted by Crippen LogP contribution is 2.49. The van der Waals surface area contributed by atoms with Gasteiger partial charge in [-0.2, -0.15) is 0 Å². The molecule has 0 fully saturated rings. The zero-order valence-corrected chi connectivity index (χ0v) is 37.8. The summed E-state index contributed by atoms with van der Waals surface area (Å²) < 4.78 is 13.4. The van der Waals surface area contributed by atoms with E-state index >= 15 is 0 Å². The van der Waals surface area contributed by atoms with Gasteiger partial charge in [0.2, 0.25) is 0 Å². The Hall–Kier alpha value is -7.56. The molecule has 0 saturated heterocycles. The van der Waals surface area contributed by atoms with Crippen LogP contribution >= 0.6 is 0 Å². The van der Waals surface area contributed by atoms with Gasteiger partial charge in [0.1, 0.15) is 23.0 Å². The van der Waals surface area contributed by atoms with Crippen LogP contribution in [-0.4, -0.2) is 23.4 Å². The Kier molecular flexibility index (Phi) is 11.8. The molecule has 0 heterocycles. The normalized spacial score (nSPS) is 11.4. The number of aromatic hydroxyl groups is 2. The smallest absolute Gasteiger partial charge is 0.131 e. The minimum atomic E-state index is 0. The molecule has 0 atom stereocenters. The van der Waals surface area contributed by atoms with E-state index in [0.29, 0.717) is 19.6 Å². The van der Waals surface area contributed by atoms with Crippen molar-refractivity contribution in [2.45, 2.75) is 55.4 Å². The SMILES string of the molecule is C.Cc1cc(-c2cc(C)cc(C)c2OCCCOc2c(C)cc(C)cc2-c2cc(C)cc(-c3c4ccccc4cc4ccccc34)c2O)c(O)c(-c2c3ccccc3cc3ccccc23)c1. The number of phenolic OH excluding ortho intramolecular Hbond substituents is 2. The highest BCUT2D eigenvalue weighted by molar-refractivity contribution is 6.15. The largest absolute Gasteiger partial charge is 0.507 e. The predicted octanol–water partition coefficient (Wildman–Crippen LogP) is 16.7. The molecule has 10 rings (SSSR count). The first-order valence-electron chi connectivity index (χ1n) is 22.5. The second-order valence-corrected chi connectivity index (χ2v) is 17.8. The lowest BCUT2D eigenvalue weighted by Crippen LogP contribution is -2.08. The van der Waals surface area contributed by atoms with Crippen LogP contribution in [0, 0.1) is 41.5 Å². The maximum Gasteiger partial charge on any atom is 0.131 e. The minimum Gasteiger partial charge on any atom is -0.507 e. The van der Waals surface area contributed by atoms with Crippen molar-refractivity contribution in [3.05, 3.63) is 191 Å². The zero-order chi connectivity index (χ0) is 44.9. The highest BCUT2D eigenvalue weighted by Gasteiger charge is 2.23. The Morgan fingerprint density at radius 1 is 0.348 bits per heavy atom. The van der Waals surface area contributed by atoms with Crippen LogP contribution in [0.5, 0.6) is 23.0 Å². The molecule has 0 aliphatic carbocycles. The molecule has 328 valence electrons. The summed E-state index contributed by atoms with van der Waals surface area (Å²) in [5, 5.41) is 33.6. The number of benzene rings is 10. The van der Waals surface area contributed by atoms with Gasteiger partial charge in [0, 0.05) is 50.9 Å². The molecular weight excluding hydrogens is 809 g/mol. The number of ether oxygens (including phenoxy) is 2. The maximum absolute atomic E-state index is 12.4. The molecule has 0 aromatic heterocycles. The van der Waals surface area contributed by atoms with Crippen LogP contribution in [-0.2, 0) is 0 Å². The van der Waals surface area contributed by atoms with E-state index in [1.54, 1.807) is 0 Å². The van der Waals surface area contributed by atoms with Crippen molar-refractivity contribution in [2.24, 2.45) is 0 Å². The maximum atomic E-state index is 12.4. The molecule has 10 aromatic carbocycles. The summed E-state index contributed by atoms with van der Waals surface area (Å²) in [4.78, 5) is 0. The van der Waals surface area contributed by atoms with E-state index in [-0.39, 0.29) is 18.9 Å². The van der Waals surface area contributed by atoms with Crippen molar-refractivity contribution >= 4 is 43.1 Å². The molecular formula is C62H56O4. The molecule has 0 unspecified atom stereocenters. The van der Waals surface area contributed by atoms with E-state index in [1.165, 1.54) is 0 Å². The summed E-state index contributed by atoms with van der Waals surface area (Å²) in [7, 11) is 0. The predicted molar refractivity (Wildman–Crippen MR) is 279 cm³/mol. The molecule has 4 heteroatoms. The van der Waals surface area contributed by atoms with E-state index in [2.05, 4.69) is 199 Å². The van der Waals surface area contributed by atoms with Crippen molar-refractivity contribution < 1.29 is 19.7 Å². The van der Waals surface area contributed by atoms with Crippen molar-refractivity contribution in [3.8, 4) is 67.5 Å². The average molecular weight is 865 g/mol. The Morgan fingerprint density at radius 2 is 0.636 bits per heavy atom. The quantitative estimate of drug-likeness (QED) is 0.106. The molecule has 0 bridgehead atoms. The first-order valence-corrected chi connectivity index (χ1v) is 22.5. The minimum absolute atomic E-state index is 0. The monoisotopic (exact) mass is 864 g/mol. The summed E-state index contributed by atoms with van der Waals surface area (Å²) in [5.74, 6) is 1.95. The van der Waals surface area contributed by atoms with Crippen LogP contribution in [0.1, 0.15) is 47.2 Å². The van der Waals surface area contributed by atoms with Gasteiger partial charge >= 0.3 is 0 Å². The number of fused-ring (bicyclic) bond motifs is 4. The second kappa shape index (κ2) is 17.8. The van der Waals surface area contributed by atoms with Crippen LogP contribution in [0.4, 0.5) is 0 Å². The Morgan fingerprint density at radius 3 is 0.985 bits per heavy atom. The van der Waals surface area contributed by atoms with E-state index in [0.717, 1.165) is 132 Å². The fourth-order valence-electron chi connectivity index (χ4n) is 10.1. The third-order valence-corrected chi connectivity index (χ3v) is 12.8. The van der Waals surface area contributed by atoms with Gasteiger partial charge < -0.3 is 19.7 Å². The van der Waals surface area contributed by atoms with E-state index in [9.17, 15) is 10.2 Å². The summed E-state index contributed by atoms with van der Waals surface area (Å²) in [6.07, 6.45) is 0.611. The third kappa shape index (κ3) is 7.87. The Labute approximate surface area is 388 Å². The third-order valence-electron chi connectivity index (χ3n) is 12.8. The summed E-state index contributed by atoms with van der Waals surface area (Å²) in [6.45, 7) is 13.3. The summed E-state index contributed by atoms with van der Waals surface area (Å²) >= 11 is 0. The van der Waals surface area contributed by atoms with E-state index in [1.807, 2.05) is 0 Å². The van der Waals surface area contributed by atoms with Crippen LogP contribution in [0.3, 0.4) is 0 Å². The first kappa shape index (κ1) is 43.7. The van der Waals surface area contributed by atoms with Gasteiger partial charge in [-0.15, -0.1) is 0 Å². The molecule has 10 aromatic rings. The number of aryl methyl sites for hydroxylation is 6. The number of rotatable bonds is 10. The van der Waals surface area contributed by atoms with Crippen molar-refractivity contribution in [1.29, 1.82) is 0 Å². The Balaban J connectivity index is 0.00000548. The van der Waals surface area contributed by atoms with Gasteiger partial charge in [0.05, 0.1) is 13.2 Å². The summed E-state index contributed by atoms with van der Waals surface area (Å²) in [5.41, 5.74) is 13.1. The molecule has 0 saturated carbocycles. The fraction of sp³-hybridized carbons (Fsp3) is 0.161. The van der Waals surface area contributed by atoms with Crippen LogP contribution < -0.4 is 9.47 Å². The van der Waals surface area contributed by atoms with Gasteiger partial charge in [-0.05, 0) is 167 Å². The van der Waals surface area contributed by atoms with Gasteiger partial charge in [-0.25, -0.2) is 0 Å². The summed E-state index contributed by atoms with van der Waals surface area (Å²) in [6, 6.07) is 54.9. The van der Waals surface area contributed by atoms with Gasteiger partial charge in [-0.1, -0.05) is 117 Å². The molecule has 0 aliphatic rings. The molecule has 66 heavy (non-hydrogen) atoms. The van der Waals surface area contributed by atoms with Crippen LogP contribution in [0.15, 0.2) is 158 Å². The first-order chi connectivity index (χ1) is 31.5. The topological polar surface area (TPSA) is 58.9 Å². The molecule has 0 amide bonds. The average Bonchev–Trinajstić information content (AvgIpc) is 3.29.